The molecule has 2 aliphatic rings. The minimum Gasteiger partial charge on any atom is -0.462 e. The highest BCUT2D eigenvalue weighted by Gasteiger charge is 2.62. The fourth-order valence-electron chi connectivity index (χ4n) is 3.92. The van der Waals surface area contributed by atoms with E-state index in [0.717, 1.165) is 25.7 Å². The van der Waals surface area contributed by atoms with Crippen molar-refractivity contribution in [3.05, 3.63) is 48.0 Å². The van der Waals surface area contributed by atoms with Crippen LogP contribution in [0.5, 0.6) is 0 Å². The third-order valence-electron chi connectivity index (χ3n) is 6.72. The van der Waals surface area contributed by atoms with Crippen molar-refractivity contribution in [3.63, 3.8) is 0 Å². The number of carbonyl (C=O) groups excluding carboxylic acids is 1. The Morgan fingerprint density at radius 1 is 1.07 bits per heavy atom. The number of unbranched alkanes of at least 4 members (excludes halogenated alkanes) is 3. The van der Waals surface area contributed by atoms with Crippen molar-refractivity contribution in [1.29, 1.82) is 0 Å². The fraction of sp³-hybridized carbons (Fsp3) is 0.625. The maximum Gasteiger partial charge on any atom is 0.462 e. The maximum atomic E-state index is 11.9. The molecule has 3 atom stereocenters. The molecule has 0 N–H and O–H groups in total. The van der Waals surface area contributed by atoms with Crippen LogP contribution < -0.4 is 0 Å². The first-order valence-electron chi connectivity index (χ1n) is 11.0. The average Bonchev–Trinajstić information content (AvgIpc) is 3.25. The van der Waals surface area contributed by atoms with Crippen LogP contribution in [0, 0.1) is 11.8 Å². The quantitative estimate of drug-likeness (QED) is 0.232. The molecule has 5 heteroatoms. The van der Waals surface area contributed by atoms with Crippen molar-refractivity contribution in [2.75, 3.05) is 6.61 Å². The molecular weight excluding hydrogens is 363 g/mol. The smallest absolute Gasteiger partial charge is 0.462 e. The summed E-state index contributed by atoms with van der Waals surface area (Å²) < 4.78 is 17.7. The van der Waals surface area contributed by atoms with Crippen LogP contribution in [0.3, 0.4) is 0 Å². The van der Waals surface area contributed by atoms with Gasteiger partial charge in [-0.15, -0.1) is 0 Å². The topological polar surface area (TPSA) is 44.8 Å². The van der Waals surface area contributed by atoms with E-state index in [2.05, 4.69) is 46.8 Å². The molecule has 0 spiro atoms. The van der Waals surface area contributed by atoms with Gasteiger partial charge in [-0.2, -0.15) is 0 Å². The summed E-state index contributed by atoms with van der Waals surface area (Å²) in [5.41, 5.74) is 0.113. The lowest BCUT2D eigenvalue weighted by Crippen LogP contribution is -2.41. The van der Waals surface area contributed by atoms with Gasteiger partial charge in [0.05, 0.1) is 23.4 Å². The predicted molar refractivity (Wildman–Crippen MR) is 117 cm³/mol. The number of esters is 1. The molecule has 1 aliphatic carbocycles. The van der Waals surface area contributed by atoms with Gasteiger partial charge in [0.2, 0.25) is 0 Å². The van der Waals surface area contributed by atoms with E-state index in [0.29, 0.717) is 29.8 Å². The molecule has 1 aliphatic heterocycles. The summed E-state index contributed by atoms with van der Waals surface area (Å²) in [6.45, 7) is 11.2. The Morgan fingerprint density at radius 2 is 1.72 bits per heavy atom. The lowest BCUT2D eigenvalue weighted by Gasteiger charge is -2.32. The first kappa shape index (κ1) is 22.1. The summed E-state index contributed by atoms with van der Waals surface area (Å²) >= 11 is 0. The Morgan fingerprint density at radius 3 is 2.38 bits per heavy atom. The molecule has 1 heterocycles. The van der Waals surface area contributed by atoms with E-state index in [1.807, 2.05) is 18.2 Å². The molecule has 0 amide bonds. The number of rotatable bonds is 9. The van der Waals surface area contributed by atoms with Gasteiger partial charge in [-0.3, -0.25) is 0 Å². The van der Waals surface area contributed by atoms with E-state index in [4.69, 9.17) is 14.0 Å². The number of hydrogen-bond donors (Lipinski definition) is 0. The molecule has 1 aromatic rings. The molecule has 29 heavy (non-hydrogen) atoms. The van der Waals surface area contributed by atoms with Crippen LogP contribution in [-0.2, 0) is 14.0 Å². The molecule has 2 fully saturated rings. The fourth-order valence-corrected chi connectivity index (χ4v) is 3.92. The maximum absolute atomic E-state index is 11.9. The van der Waals surface area contributed by atoms with Crippen LogP contribution in [0.2, 0.25) is 5.82 Å². The van der Waals surface area contributed by atoms with Crippen molar-refractivity contribution in [1.82, 2.24) is 0 Å². The first-order chi connectivity index (χ1) is 13.7. The molecule has 1 saturated carbocycles. The Kier molecular flexibility index (Phi) is 6.90. The molecule has 0 bridgehead atoms. The summed E-state index contributed by atoms with van der Waals surface area (Å²) in [5, 5.41) is 0. The van der Waals surface area contributed by atoms with Gasteiger partial charge in [0, 0.05) is 5.82 Å². The Bertz CT molecular complexity index is 697. The van der Waals surface area contributed by atoms with Crippen LogP contribution in [0.4, 0.5) is 0 Å². The minimum absolute atomic E-state index is 0.0936. The largest absolute Gasteiger partial charge is 0.462 e. The summed E-state index contributed by atoms with van der Waals surface area (Å²) in [4.78, 5) is 11.9. The Hall–Kier alpha value is -1.59. The molecule has 0 unspecified atom stereocenters. The van der Waals surface area contributed by atoms with Crippen LogP contribution in [0.15, 0.2) is 42.5 Å². The number of carbonyl (C=O) groups is 1. The standard InChI is InChI=1S/C24H35BO4/c1-18-20(21(18)25-28-23(2,3)24(4,5)29-25)16-12-7-6-8-13-17-27-22(26)19-14-10-9-11-15-19/h9-12,14-16,18,20-21H,6-8,13,17H2,1-5H3/b16-12+/t18-,20+,21+/m1/s1. The molecular formula is C24H35BO4. The Balaban J connectivity index is 1.28. The predicted octanol–water partition coefficient (Wildman–Crippen LogP) is 5.69. The number of benzene rings is 1. The van der Waals surface area contributed by atoms with Crippen molar-refractivity contribution in [2.45, 2.75) is 77.3 Å². The molecule has 1 saturated heterocycles. The van der Waals surface area contributed by atoms with E-state index < -0.39 is 0 Å². The summed E-state index contributed by atoms with van der Waals surface area (Å²) in [7, 11) is -0.0936. The van der Waals surface area contributed by atoms with E-state index in [-0.39, 0.29) is 24.3 Å². The lowest BCUT2D eigenvalue weighted by atomic mass is 9.79. The van der Waals surface area contributed by atoms with E-state index in [1.165, 1.54) is 0 Å². The van der Waals surface area contributed by atoms with Gasteiger partial charge in [0.15, 0.2) is 0 Å². The number of ether oxygens (including phenoxy) is 1. The monoisotopic (exact) mass is 398 g/mol. The Labute approximate surface area is 176 Å². The molecule has 158 valence electrons. The molecule has 4 nitrogen and oxygen atoms in total. The van der Waals surface area contributed by atoms with Gasteiger partial charge in [-0.05, 0) is 77.3 Å². The number of hydrogen-bond acceptors (Lipinski definition) is 4. The first-order valence-corrected chi connectivity index (χ1v) is 11.0. The third-order valence-corrected chi connectivity index (χ3v) is 6.72. The highest BCUT2D eigenvalue weighted by molar-refractivity contribution is 6.49. The van der Waals surface area contributed by atoms with E-state index in [1.54, 1.807) is 12.1 Å². The molecule has 0 aromatic heterocycles. The van der Waals surface area contributed by atoms with Crippen LogP contribution in [0.25, 0.3) is 0 Å². The zero-order valence-electron chi connectivity index (χ0n) is 18.5. The van der Waals surface area contributed by atoms with Gasteiger partial charge in [-0.1, -0.05) is 37.3 Å². The van der Waals surface area contributed by atoms with Gasteiger partial charge in [0.1, 0.15) is 0 Å². The lowest BCUT2D eigenvalue weighted by molar-refractivity contribution is 0.00578. The van der Waals surface area contributed by atoms with Gasteiger partial charge < -0.3 is 14.0 Å². The summed E-state index contributed by atoms with van der Waals surface area (Å²) in [6.07, 6.45) is 8.78. The van der Waals surface area contributed by atoms with Crippen LogP contribution in [-0.4, -0.2) is 30.9 Å². The normalized spacial score (nSPS) is 27.3. The zero-order chi connectivity index (χ0) is 21.1. The second-order valence-corrected chi connectivity index (χ2v) is 9.42. The average molecular weight is 398 g/mol. The SMILES string of the molecule is C[C@@H]1[C@H](/C=C/CCCCCOC(=O)c2ccccc2)[C@H]1B1OC(C)(C)C(C)(C)O1. The summed E-state index contributed by atoms with van der Waals surface area (Å²) in [6, 6.07) is 9.15. The van der Waals surface area contributed by atoms with Crippen molar-refractivity contribution >= 4 is 13.1 Å². The van der Waals surface area contributed by atoms with Crippen molar-refractivity contribution in [2.24, 2.45) is 11.8 Å². The van der Waals surface area contributed by atoms with Gasteiger partial charge >= 0.3 is 13.1 Å². The minimum atomic E-state index is -0.252. The molecule has 3 rings (SSSR count). The van der Waals surface area contributed by atoms with E-state index in [9.17, 15) is 4.79 Å². The van der Waals surface area contributed by atoms with Crippen LogP contribution in [0.1, 0.15) is 70.7 Å². The molecule has 0 radical (unpaired) electrons. The van der Waals surface area contributed by atoms with E-state index >= 15 is 0 Å². The summed E-state index contributed by atoms with van der Waals surface area (Å²) in [5.74, 6) is 1.39. The highest BCUT2D eigenvalue weighted by atomic mass is 16.7. The zero-order valence-corrected chi connectivity index (χ0v) is 18.5. The highest BCUT2D eigenvalue weighted by Crippen LogP contribution is 2.58. The van der Waals surface area contributed by atoms with Crippen molar-refractivity contribution < 1.29 is 18.8 Å². The second-order valence-electron chi connectivity index (χ2n) is 9.42. The third kappa shape index (κ3) is 5.32. The van der Waals surface area contributed by atoms with Gasteiger partial charge in [-0.25, -0.2) is 4.79 Å². The van der Waals surface area contributed by atoms with Crippen molar-refractivity contribution in [3.8, 4) is 0 Å². The molecule has 1 aromatic carbocycles. The van der Waals surface area contributed by atoms with Crippen LogP contribution >= 0.6 is 0 Å². The second kappa shape index (κ2) is 9.05. The number of allylic oxidation sites excluding steroid dienone is 2. The van der Waals surface area contributed by atoms with Gasteiger partial charge in [0.25, 0.3) is 0 Å².